The van der Waals surface area contributed by atoms with Gasteiger partial charge in [-0.05, 0) is 24.1 Å². The van der Waals surface area contributed by atoms with Gasteiger partial charge in [0.1, 0.15) is 4.90 Å². The Morgan fingerprint density at radius 2 is 1.71 bits per heavy atom. The van der Waals surface area contributed by atoms with Crippen molar-refractivity contribution >= 4 is 57.0 Å². The third kappa shape index (κ3) is 3.55. The minimum absolute atomic E-state index is 0. The second kappa shape index (κ2) is 6.35. The molecule has 0 aromatic heterocycles. The molecule has 4 radical (unpaired) electrons. The molecule has 0 spiro atoms. The fraction of sp³-hybridized carbons (Fsp3) is 0.0909. The zero-order chi connectivity index (χ0) is 11.1. The summed E-state index contributed by atoms with van der Waals surface area (Å²) in [4.78, 5) is 0.00806. The van der Waals surface area contributed by atoms with Crippen LogP contribution < -0.4 is 0 Å². The van der Waals surface area contributed by atoms with E-state index in [0.717, 1.165) is 5.56 Å². The third-order valence-electron chi connectivity index (χ3n) is 2.30. The molecule has 0 aromatic carbocycles. The molecule has 0 unspecified atom stereocenters. The molecule has 0 fully saturated rings. The summed E-state index contributed by atoms with van der Waals surface area (Å²) in [6.45, 7) is 1.67. The number of rotatable bonds is 1. The molecule has 0 saturated heterocycles. The van der Waals surface area contributed by atoms with E-state index in [4.69, 9.17) is 4.55 Å². The van der Waals surface area contributed by atoms with E-state index in [0.29, 0.717) is 11.1 Å². The Labute approximate surface area is 134 Å². The molecule has 0 amide bonds. The second-order valence-corrected chi connectivity index (χ2v) is 4.77. The molecule has 2 aliphatic carbocycles. The predicted molar refractivity (Wildman–Crippen MR) is 69.1 cm³/mol. The molecule has 2 aliphatic rings. The van der Waals surface area contributed by atoms with Crippen LogP contribution in [0.1, 0.15) is 5.56 Å². The average molecular weight is 272 g/mol. The van der Waals surface area contributed by atoms with Crippen molar-refractivity contribution in [2.75, 3.05) is 0 Å². The number of fused-ring (bicyclic) bond motifs is 1. The first kappa shape index (κ1) is 17.1. The standard InChI is InChI=1S/C11H10O3S.Al.Na/c1-8-7-9-5-3-2-4-6-10(9)11(8)15(12,13)14;;/h2-7H,1H3,(H,12,13,14);;. The summed E-state index contributed by atoms with van der Waals surface area (Å²) in [5.74, 6) is 0. The van der Waals surface area contributed by atoms with E-state index in [-0.39, 0.29) is 51.8 Å². The molecular formula is C11H10AlNaO3S. The van der Waals surface area contributed by atoms with Gasteiger partial charge < -0.3 is 0 Å². The summed E-state index contributed by atoms with van der Waals surface area (Å²) in [6, 6.07) is 10.6. The zero-order valence-corrected chi connectivity index (χ0v) is 13.7. The van der Waals surface area contributed by atoms with E-state index in [9.17, 15) is 8.42 Å². The van der Waals surface area contributed by atoms with E-state index in [1.807, 2.05) is 18.2 Å². The minimum Gasteiger partial charge on any atom is -0.282 e. The monoisotopic (exact) mass is 272 g/mol. The molecule has 3 nitrogen and oxygen atoms in total. The maximum Gasteiger partial charge on any atom is 0.295 e. The summed E-state index contributed by atoms with van der Waals surface area (Å²) in [7, 11) is -4.15. The van der Waals surface area contributed by atoms with Crippen LogP contribution >= 0.6 is 0 Å². The fourth-order valence-electron chi connectivity index (χ4n) is 1.75. The molecule has 1 N–H and O–H groups in total. The van der Waals surface area contributed by atoms with Crippen LogP contribution in [0.15, 0.2) is 41.3 Å². The zero-order valence-electron chi connectivity index (χ0n) is 9.71. The van der Waals surface area contributed by atoms with Crippen molar-refractivity contribution in [1.29, 1.82) is 0 Å². The molecule has 0 bridgehead atoms. The van der Waals surface area contributed by atoms with Gasteiger partial charge >= 0.3 is 0 Å². The van der Waals surface area contributed by atoms with Crippen LogP contribution in [-0.2, 0) is 10.1 Å². The van der Waals surface area contributed by atoms with Crippen LogP contribution in [0.25, 0.3) is 11.1 Å². The number of hydrogen-bond donors (Lipinski definition) is 1. The van der Waals surface area contributed by atoms with Crippen molar-refractivity contribution in [2.24, 2.45) is 0 Å². The Balaban J connectivity index is 0.00000128. The van der Waals surface area contributed by atoms with Gasteiger partial charge in [0.15, 0.2) is 0 Å². The van der Waals surface area contributed by atoms with Crippen LogP contribution in [0.2, 0.25) is 0 Å². The first-order valence-electron chi connectivity index (χ1n) is 4.46. The second-order valence-electron chi connectivity index (χ2n) is 3.41. The van der Waals surface area contributed by atoms with Gasteiger partial charge in [0.2, 0.25) is 0 Å². The van der Waals surface area contributed by atoms with Gasteiger partial charge in [-0.25, -0.2) is 0 Å². The van der Waals surface area contributed by atoms with Gasteiger partial charge in [0, 0.05) is 52.5 Å². The minimum atomic E-state index is -4.15. The topological polar surface area (TPSA) is 54.4 Å². The summed E-state index contributed by atoms with van der Waals surface area (Å²) in [5.41, 5.74) is 1.93. The van der Waals surface area contributed by atoms with E-state index in [1.165, 1.54) is 0 Å². The largest absolute Gasteiger partial charge is 0.295 e. The molecule has 0 saturated carbocycles. The summed E-state index contributed by atoms with van der Waals surface area (Å²) >= 11 is 0. The SMILES string of the molecule is Cc1cc2cccccc-2c1S(=O)(=O)O.[Al].[Na]. The molecule has 0 aromatic rings. The van der Waals surface area contributed by atoms with Gasteiger partial charge in [-0.3, -0.25) is 4.55 Å². The van der Waals surface area contributed by atoms with Crippen molar-refractivity contribution in [3.8, 4) is 11.1 Å². The average Bonchev–Trinajstić information content (AvgIpc) is 2.30. The molecule has 6 heteroatoms. The van der Waals surface area contributed by atoms with Crippen LogP contribution in [0.4, 0.5) is 0 Å². The van der Waals surface area contributed by atoms with Crippen LogP contribution in [-0.4, -0.2) is 59.9 Å². The molecule has 0 atom stereocenters. The molecular weight excluding hydrogens is 262 g/mol. The van der Waals surface area contributed by atoms with Gasteiger partial charge in [0.05, 0.1) is 0 Å². The van der Waals surface area contributed by atoms with Crippen LogP contribution in [0.3, 0.4) is 0 Å². The summed E-state index contributed by atoms with van der Waals surface area (Å²) < 4.78 is 31.5. The van der Waals surface area contributed by atoms with Crippen LogP contribution in [0.5, 0.6) is 0 Å². The maximum absolute atomic E-state index is 11.2. The fourth-order valence-corrected chi connectivity index (χ4v) is 2.68. The van der Waals surface area contributed by atoms with Gasteiger partial charge in [-0.1, -0.05) is 30.3 Å². The molecule has 17 heavy (non-hydrogen) atoms. The van der Waals surface area contributed by atoms with Crippen molar-refractivity contribution in [3.05, 3.63) is 42.0 Å². The van der Waals surface area contributed by atoms with E-state index in [1.54, 1.807) is 25.1 Å². The van der Waals surface area contributed by atoms with E-state index >= 15 is 0 Å². The third-order valence-corrected chi connectivity index (χ3v) is 3.36. The Bertz CT molecular complexity index is 583. The molecule has 82 valence electrons. The Hall–Kier alpha value is 0.142. The summed E-state index contributed by atoms with van der Waals surface area (Å²) in [6.07, 6.45) is 0. The normalized spacial score (nSPS) is 10.5. The van der Waals surface area contributed by atoms with Crippen molar-refractivity contribution in [2.45, 2.75) is 11.8 Å². The Morgan fingerprint density at radius 3 is 2.29 bits per heavy atom. The smallest absolute Gasteiger partial charge is 0.282 e. The first-order chi connectivity index (χ1) is 7.00. The van der Waals surface area contributed by atoms with E-state index in [2.05, 4.69) is 0 Å². The van der Waals surface area contributed by atoms with Gasteiger partial charge in [0.25, 0.3) is 10.1 Å². The summed E-state index contributed by atoms with van der Waals surface area (Å²) in [5, 5.41) is 0. The number of hydrogen-bond acceptors (Lipinski definition) is 2. The molecule has 0 aliphatic heterocycles. The maximum atomic E-state index is 11.2. The molecule has 0 heterocycles. The Morgan fingerprint density at radius 1 is 1.12 bits per heavy atom. The van der Waals surface area contributed by atoms with Crippen LogP contribution in [0, 0.1) is 6.92 Å². The van der Waals surface area contributed by atoms with Gasteiger partial charge in [-0.2, -0.15) is 8.42 Å². The molecule has 2 rings (SSSR count). The van der Waals surface area contributed by atoms with Crippen molar-refractivity contribution in [1.82, 2.24) is 0 Å². The van der Waals surface area contributed by atoms with E-state index < -0.39 is 10.1 Å². The predicted octanol–water partition coefficient (Wildman–Crippen LogP) is 1.58. The number of aryl methyl sites for hydroxylation is 1. The quantitative estimate of drug-likeness (QED) is 0.633. The first-order valence-corrected chi connectivity index (χ1v) is 5.90. The van der Waals surface area contributed by atoms with Crippen molar-refractivity contribution in [3.63, 3.8) is 0 Å². The van der Waals surface area contributed by atoms with Gasteiger partial charge in [-0.15, -0.1) is 0 Å². The van der Waals surface area contributed by atoms with Crippen molar-refractivity contribution < 1.29 is 13.0 Å². The Kier molecular flexibility index (Phi) is 6.40.